The van der Waals surface area contributed by atoms with E-state index >= 15 is 0 Å². The van der Waals surface area contributed by atoms with Gasteiger partial charge in [-0.15, -0.1) is 11.6 Å². The zero-order valence-electron chi connectivity index (χ0n) is 11.4. The molecule has 18 heavy (non-hydrogen) atoms. The molecule has 0 atom stereocenters. The molecule has 1 heterocycles. The van der Waals surface area contributed by atoms with Crippen molar-refractivity contribution in [2.24, 2.45) is 5.41 Å². The van der Waals surface area contributed by atoms with Crippen molar-refractivity contribution >= 4 is 17.4 Å². The summed E-state index contributed by atoms with van der Waals surface area (Å²) in [7, 11) is 0. The molecule has 0 fully saturated rings. The van der Waals surface area contributed by atoms with Crippen LogP contribution in [0.1, 0.15) is 44.4 Å². The fourth-order valence-electron chi connectivity index (χ4n) is 2.48. The molecule has 1 aliphatic rings. The highest BCUT2D eigenvalue weighted by Crippen LogP contribution is 2.25. The van der Waals surface area contributed by atoms with Gasteiger partial charge >= 0.3 is 0 Å². The largest absolute Gasteiger partial charge is 0.370 e. The molecule has 0 aliphatic heterocycles. The maximum Gasteiger partial charge on any atom is 0.126 e. The number of halogens is 1. The van der Waals surface area contributed by atoms with Crippen molar-refractivity contribution in [2.45, 2.75) is 46.0 Å². The average molecular weight is 267 g/mol. The minimum Gasteiger partial charge on any atom is -0.370 e. The van der Waals surface area contributed by atoms with E-state index in [4.69, 9.17) is 16.6 Å². The normalized spacial score (nSPS) is 14.6. The second kappa shape index (κ2) is 5.92. The molecule has 1 aromatic rings. The summed E-state index contributed by atoms with van der Waals surface area (Å²) in [6.07, 6.45) is 5.82. The Balaban J connectivity index is 1.90. The molecule has 0 unspecified atom stereocenters. The highest BCUT2D eigenvalue weighted by atomic mass is 35.5. The minimum atomic E-state index is 0.273. The van der Waals surface area contributed by atoms with E-state index in [0.29, 0.717) is 0 Å². The molecular weight excluding hydrogens is 244 g/mol. The number of pyridine rings is 1. The van der Waals surface area contributed by atoms with E-state index < -0.39 is 0 Å². The van der Waals surface area contributed by atoms with Crippen LogP contribution in [0.4, 0.5) is 5.82 Å². The Morgan fingerprint density at radius 1 is 1.33 bits per heavy atom. The van der Waals surface area contributed by atoms with Crippen LogP contribution in [0.25, 0.3) is 0 Å². The summed E-state index contributed by atoms with van der Waals surface area (Å²) >= 11 is 5.76. The molecule has 0 saturated heterocycles. The van der Waals surface area contributed by atoms with Crippen molar-refractivity contribution in [3.63, 3.8) is 0 Å². The van der Waals surface area contributed by atoms with Gasteiger partial charge in [0.2, 0.25) is 0 Å². The van der Waals surface area contributed by atoms with Crippen LogP contribution in [-0.2, 0) is 12.8 Å². The van der Waals surface area contributed by atoms with Gasteiger partial charge in [0.05, 0.1) is 0 Å². The summed E-state index contributed by atoms with van der Waals surface area (Å²) in [5.74, 6) is 1.77. The summed E-state index contributed by atoms with van der Waals surface area (Å²) in [6.45, 7) is 5.51. The number of rotatable bonds is 6. The number of nitrogens with one attached hydrogen (secondary N) is 1. The highest BCUT2D eigenvalue weighted by molar-refractivity contribution is 6.17. The van der Waals surface area contributed by atoms with Gasteiger partial charge in [0.15, 0.2) is 0 Å². The van der Waals surface area contributed by atoms with Gasteiger partial charge in [0.25, 0.3) is 0 Å². The van der Waals surface area contributed by atoms with Crippen LogP contribution in [0, 0.1) is 5.41 Å². The van der Waals surface area contributed by atoms with E-state index in [1.165, 1.54) is 24.1 Å². The Labute approximate surface area is 115 Å². The Morgan fingerprint density at radius 3 is 2.94 bits per heavy atom. The molecule has 100 valence electrons. The van der Waals surface area contributed by atoms with Gasteiger partial charge in [-0.1, -0.05) is 19.9 Å². The predicted octanol–water partition coefficient (Wildman–Crippen LogP) is 4.03. The molecule has 0 aromatic carbocycles. The lowest BCUT2D eigenvalue weighted by Gasteiger charge is -2.25. The summed E-state index contributed by atoms with van der Waals surface area (Å²) < 4.78 is 0. The van der Waals surface area contributed by atoms with E-state index in [-0.39, 0.29) is 5.41 Å². The fraction of sp³-hybridized carbons (Fsp3) is 0.667. The van der Waals surface area contributed by atoms with Crippen molar-refractivity contribution < 1.29 is 0 Å². The Morgan fingerprint density at radius 2 is 2.17 bits per heavy atom. The number of anilines is 1. The molecule has 0 amide bonds. The lowest BCUT2D eigenvalue weighted by Crippen LogP contribution is -2.23. The first kappa shape index (κ1) is 13.7. The van der Waals surface area contributed by atoms with Crippen LogP contribution in [0.15, 0.2) is 12.1 Å². The van der Waals surface area contributed by atoms with Gasteiger partial charge < -0.3 is 5.32 Å². The number of fused-ring (bicyclic) bond motifs is 1. The molecule has 1 N–H and O–H groups in total. The first-order valence-corrected chi connectivity index (χ1v) is 7.43. The average Bonchev–Trinajstić information content (AvgIpc) is 2.81. The fourth-order valence-corrected chi connectivity index (χ4v) is 2.62. The molecular formula is C15H23ClN2. The minimum absolute atomic E-state index is 0.273. The molecule has 1 aliphatic carbocycles. The second-order valence-electron chi connectivity index (χ2n) is 5.97. The Bertz CT molecular complexity index is 401. The number of aryl methyl sites for hydroxylation is 2. The molecule has 0 radical (unpaired) electrons. The van der Waals surface area contributed by atoms with E-state index in [1.54, 1.807) is 0 Å². The molecule has 1 aromatic heterocycles. The number of alkyl halides is 1. The zero-order valence-corrected chi connectivity index (χ0v) is 12.2. The van der Waals surface area contributed by atoms with Gasteiger partial charge in [0.1, 0.15) is 5.82 Å². The topological polar surface area (TPSA) is 24.9 Å². The maximum atomic E-state index is 5.76. The maximum absolute atomic E-state index is 5.76. The summed E-state index contributed by atoms with van der Waals surface area (Å²) in [5.41, 5.74) is 3.00. The van der Waals surface area contributed by atoms with E-state index in [0.717, 1.165) is 37.5 Å². The smallest absolute Gasteiger partial charge is 0.126 e. The van der Waals surface area contributed by atoms with E-state index in [2.05, 4.69) is 31.3 Å². The van der Waals surface area contributed by atoms with Crippen LogP contribution < -0.4 is 5.32 Å². The molecule has 0 saturated carbocycles. The van der Waals surface area contributed by atoms with Crippen LogP contribution in [-0.4, -0.2) is 17.4 Å². The molecule has 0 spiro atoms. The van der Waals surface area contributed by atoms with Crippen molar-refractivity contribution in [3.8, 4) is 0 Å². The van der Waals surface area contributed by atoms with Gasteiger partial charge in [-0.2, -0.15) is 0 Å². The summed E-state index contributed by atoms with van der Waals surface area (Å²) in [6, 6.07) is 4.34. The molecule has 0 bridgehead atoms. The van der Waals surface area contributed by atoms with Gasteiger partial charge in [-0.25, -0.2) is 4.98 Å². The molecule has 2 nitrogen and oxygen atoms in total. The highest BCUT2D eigenvalue weighted by Gasteiger charge is 2.18. The number of hydrogen-bond acceptors (Lipinski definition) is 2. The monoisotopic (exact) mass is 266 g/mol. The van der Waals surface area contributed by atoms with Gasteiger partial charge in [-0.05, 0) is 49.1 Å². The van der Waals surface area contributed by atoms with Crippen LogP contribution >= 0.6 is 11.6 Å². The van der Waals surface area contributed by atoms with Crippen molar-refractivity contribution in [2.75, 3.05) is 17.7 Å². The van der Waals surface area contributed by atoms with Crippen LogP contribution in [0.2, 0.25) is 0 Å². The van der Waals surface area contributed by atoms with Crippen LogP contribution in [0.5, 0.6) is 0 Å². The lowest BCUT2D eigenvalue weighted by molar-refractivity contribution is 0.355. The predicted molar refractivity (Wildman–Crippen MR) is 78.5 cm³/mol. The third-order valence-electron chi connectivity index (χ3n) is 3.66. The molecule has 3 heteroatoms. The summed E-state index contributed by atoms with van der Waals surface area (Å²) in [5, 5.41) is 3.47. The number of aromatic nitrogens is 1. The first-order valence-electron chi connectivity index (χ1n) is 6.89. The second-order valence-corrected chi connectivity index (χ2v) is 6.34. The van der Waals surface area contributed by atoms with Gasteiger partial charge in [0, 0.05) is 18.1 Å². The standard InChI is InChI=1S/C15H23ClN2/c1-15(2,9-4-10-16)11-17-14-8-7-12-5-3-6-13(12)18-14/h7-8H,3-6,9-11H2,1-2H3,(H,17,18). The SMILES string of the molecule is CC(C)(CCCCl)CNc1ccc2c(n1)CCC2. The third kappa shape index (κ3) is 3.61. The summed E-state index contributed by atoms with van der Waals surface area (Å²) in [4.78, 5) is 4.70. The van der Waals surface area contributed by atoms with Crippen molar-refractivity contribution in [1.82, 2.24) is 4.98 Å². The lowest BCUT2D eigenvalue weighted by atomic mass is 9.88. The van der Waals surface area contributed by atoms with E-state index in [9.17, 15) is 0 Å². The van der Waals surface area contributed by atoms with Gasteiger partial charge in [-0.3, -0.25) is 0 Å². The van der Waals surface area contributed by atoms with Crippen molar-refractivity contribution in [3.05, 3.63) is 23.4 Å². The van der Waals surface area contributed by atoms with Crippen molar-refractivity contribution in [1.29, 1.82) is 0 Å². The Kier molecular flexibility index (Phi) is 4.50. The quantitative estimate of drug-likeness (QED) is 0.787. The molecule has 2 rings (SSSR count). The third-order valence-corrected chi connectivity index (χ3v) is 3.93. The Hall–Kier alpha value is -0.760. The first-order chi connectivity index (χ1) is 8.61. The van der Waals surface area contributed by atoms with Crippen LogP contribution in [0.3, 0.4) is 0 Å². The number of nitrogens with zero attached hydrogens (tertiary/aromatic N) is 1. The zero-order chi connectivity index (χ0) is 13.0. The number of hydrogen-bond donors (Lipinski definition) is 1. The van der Waals surface area contributed by atoms with E-state index in [1.807, 2.05) is 0 Å².